The Kier molecular flexibility index (Phi) is 2.42. The fourth-order valence-electron chi connectivity index (χ4n) is 1.32. The lowest BCUT2D eigenvalue weighted by Crippen LogP contribution is -2.37. The van der Waals surface area contributed by atoms with Crippen LogP contribution < -0.4 is 5.73 Å². The molecule has 1 saturated heterocycles. The highest BCUT2D eigenvalue weighted by molar-refractivity contribution is 5.08. The van der Waals surface area contributed by atoms with Gasteiger partial charge in [0.25, 0.3) is 0 Å². The Hall–Kier alpha value is -1.14. The number of rotatable bonds is 2. The van der Waals surface area contributed by atoms with Crippen LogP contribution in [0.4, 0.5) is 5.95 Å². The molecular weight excluding hydrogens is 170 g/mol. The van der Waals surface area contributed by atoms with Gasteiger partial charge in [-0.05, 0) is 0 Å². The van der Waals surface area contributed by atoms with Gasteiger partial charge in [-0.2, -0.15) is 0 Å². The van der Waals surface area contributed by atoms with Crippen molar-refractivity contribution in [3.8, 4) is 0 Å². The van der Waals surface area contributed by atoms with Gasteiger partial charge in [0.2, 0.25) is 5.95 Å². The van der Waals surface area contributed by atoms with Crippen molar-refractivity contribution in [2.75, 3.05) is 32.0 Å². The van der Waals surface area contributed by atoms with Crippen LogP contribution in [-0.4, -0.2) is 46.0 Å². The van der Waals surface area contributed by atoms with Crippen LogP contribution in [0.15, 0.2) is 6.33 Å². The lowest BCUT2D eigenvalue weighted by molar-refractivity contribution is 0.0213. The first-order valence-electron chi connectivity index (χ1n) is 4.29. The summed E-state index contributed by atoms with van der Waals surface area (Å²) in [5, 5.41) is 4.01. The van der Waals surface area contributed by atoms with E-state index in [2.05, 4.69) is 15.0 Å². The Morgan fingerprint density at radius 3 is 2.85 bits per heavy atom. The summed E-state index contributed by atoms with van der Waals surface area (Å²) in [6.45, 7) is 4.22. The third kappa shape index (κ3) is 2.16. The number of ether oxygens (including phenoxy) is 1. The van der Waals surface area contributed by atoms with Gasteiger partial charge in [0.1, 0.15) is 6.33 Å². The molecule has 0 aliphatic carbocycles. The van der Waals surface area contributed by atoms with E-state index in [-0.39, 0.29) is 0 Å². The zero-order valence-corrected chi connectivity index (χ0v) is 7.39. The van der Waals surface area contributed by atoms with Crippen molar-refractivity contribution in [2.45, 2.75) is 6.67 Å². The Bertz CT molecular complexity index is 268. The van der Waals surface area contributed by atoms with Crippen molar-refractivity contribution in [2.24, 2.45) is 0 Å². The highest BCUT2D eigenvalue weighted by atomic mass is 16.5. The van der Waals surface area contributed by atoms with Crippen molar-refractivity contribution in [1.29, 1.82) is 0 Å². The van der Waals surface area contributed by atoms with Gasteiger partial charge in [0, 0.05) is 13.1 Å². The molecule has 1 aliphatic heterocycles. The second-order valence-electron chi connectivity index (χ2n) is 3.01. The largest absolute Gasteiger partial charge is 0.379 e. The number of nitrogens with two attached hydrogens (primary N) is 1. The second-order valence-corrected chi connectivity index (χ2v) is 3.01. The van der Waals surface area contributed by atoms with E-state index >= 15 is 0 Å². The molecule has 6 nitrogen and oxygen atoms in total. The van der Waals surface area contributed by atoms with E-state index in [9.17, 15) is 0 Å². The maximum Gasteiger partial charge on any atom is 0.239 e. The number of nitrogen functional groups attached to an aromatic ring is 1. The van der Waals surface area contributed by atoms with Gasteiger partial charge in [-0.25, -0.2) is 9.67 Å². The molecule has 0 bridgehead atoms. The van der Waals surface area contributed by atoms with E-state index in [0.29, 0.717) is 5.95 Å². The molecule has 1 aliphatic rings. The molecule has 0 saturated carbocycles. The third-order valence-electron chi connectivity index (χ3n) is 2.00. The molecule has 6 heteroatoms. The molecule has 1 fully saturated rings. The van der Waals surface area contributed by atoms with Crippen LogP contribution in [-0.2, 0) is 11.4 Å². The molecule has 0 atom stereocenters. The van der Waals surface area contributed by atoms with Crippen molar-refractivity contribution in [3.05, 3.63) is 6.33 Å². The topological polar surface area (TPSA) is 69.2 Å². The summed E-state index contributed by atoms with van der Waals surface area (Å²) in [6, 6.07) is 0. The second kappa shape index (κ2) is 3.71. The quantitative estimate of drug-likeness (QED) is 0.646. The number of morpholine rings is 1. The minimum atomic E-state index is 0.327. The SMILES string of the molecule is Nc1ncn(CN2CCOCC2)n1. The fourth-order valence-corrected chi connectivity index (χ4v) is 1.32. The van der Waals surface area contributed by atoms with E-state index in [0.717, 1.165) is 33.0 Å². The number of hydrogen-bond donors (Lipinski definition) is 1. The Balaban J connectivity index is 1.89. The van der Waals surface area contributed by atoms with E-state index in [1.54, 1.807) is 11.0 Å². The van der Waals surface area contributed by atoms with Gasteiger partial charge in [-0.3, -0.25) is 4.90 Å². The maximum absolute atomic E-state index is 5.40. The number of anilines is 1. The van der Waals surface area contributed by atoms with Crippen LogP contribution in [0.2, 0.25) is 0 Å². The summed E-state index contributed by atoms with van der Waals surface area (Å²) >= 11 is 0. The molecule has 1 aromatic rings. The molecule has 0 unspecified atom stereocenters. The van der Waals surface area contributed by atoms with Crippen LogP contribution in [0.1, 0.15) is 0 Å². The Labute approximate surface area is 76.3 Å². The normalized spacial score (nSPS) is 19.1. The molecular formula is C7H13N5O. The molecule has 0 aromatic carbocycles. The first-order valence-corrected chi connectivity index (χ1v) is 4.29. The summed E-state index contributed by atoms with van der Waals surface area (Å²) in [7, 11) is 0. The molecule has 72 valence electrons. The molecule has 13 heavy (non-hydrogen) atoms. The van der Waals surface area contributed by atoms with Crippen LogP contribution in [0.25, 0.3) is 0 Å². The summed E-state index contributed by atoms with van der Waals surface area (Å²) in [6.07, 6.45) is 1.64. The highest BCUT2D eigenvalue weighted by Gasteiger charge is 2.10. The minimum absolute atomic E-state index is 0.327. The highest BCUT2D eigenvalue weighted by Crippen LogP contribution is 1.99. The number of hydrogen-bond acceptors (Lipinski definition) is 5. The van der Waals surface area contributed by atoms with Crippen LogP contribution in [0, 0.1) is 0 Å². The van der Waals surface area contributed by atoms with Gasteiger partial charge in [-0.1, -0.05) is 0 Å². The average Bonchev–Trinajstić information content (AvgIpc) is 2.53. The Morgan fingerprint density at radius 2 is 2.23 bits per heavy atom. The van der Waals surface area contributed by atoms with Crippen molar-refractivity contribution in [3.63, 3.8) is 0 Å². The van der Waals surface area contributed by atoms with Crippen molar-refractivity contribution < 1.29 is 4.74 Å². The zero-order valence-electron chi connectivity index (χ0n) is 7.39. The van der Waals surface area contributed by atoms with Crippen molar-refractivity contribution in [1.82, 2.24) is 19.7 Å². The van der Waals surface area contributed by atoms with Gasteiger partial charge in [0.05, 0.1) is 19.9 Å². The predicted octanol–water partition coefficient (Wildman–Crippen LogP) is -0.850. The zero-order chi connectivity index (χ0) is 9.10. The van der Waals surface area contributed by atoms with E-state index < -0.39 is 0 Å². The lowest BCUT2D eigenvalue weighted by Gasteiger charge is -2.25. The number of nitrogens with zero attached hydrogens (tertiary/aromatic N) is 4. The van der Waals surface area contributed by atoms with E-state index in [1.807, 2.05) is 0 Å². The first-order chi connectivity index (χ1) is 6.34. The average molecular weight is 183 g/mol. The molecule has 2 heterocycles. The molecule has 0 spiro atoms. The summed E-state index contributed by atoms with van der Waals surface area (Å²) in [4.78, 5) is 6.10. The standard InChI is InChI=1S/C7H13N5O/c8-7-9-5-12(10-7)6-11-1-3-13-4-2-11/h5H,1-4,6H2,(H2,8,10). The third-order valence-corrected chi connectivity index (χ3v) is 2.00. The smallest absolute Gasteiger partial charge is 0.239 e. The van der Waals surface area contributed by atoms with Crippen molar-refractivity contribution >= 4 is 5.95 Å². The summed E-state index contributed by atoms with van der Waals surface area (Å²) in [5.41, 5.74) is 5.40. The maximum atomic E-state index is 5.40. The van der Waals surface area contributed by atoms with Crippen LogP contribution >= 0.6 is 0 Å². The molecule has 1 aromatic heterocycles. The van der Waals surface area contributed by atoms with Gasteiger partial charge >= 0.3 is 0 Å². The molecule has 0 radical (unpaired) electrons. The van der Waals surface area contributed by atoms with Gasteiger partial charge in [-0.15, -0.1) is 5.10 Å². The van der Waals surface area contributed by atoms with Crippen LogP contribution in [0.5, 0.6) is 0 Å². The van der Waals surface area contributed by atoms with Gasteiger partial charge < -0.3 is 10.5 Å². The van der Waals surface area contributed by atoms with Gasteiger partial charge in [0.15, 0.2) is 0 Å². The summed E-state index contributed by atoms with van der Waals surface area (Å²) in [5.74, 6) is 0.327. The fraction of sp³-hybridized carbons (Fsp3) is 0.714. The first kappa shape index (κ1) is 8.46. The van der Waals surface area contributed by atoms with E-state index in [4.69, 9.17) is 10.5 Å². The molecule has 2 rings (SSSR count). The lowest BCUT2D eigenvalue weighted by atomic mass is 10.4. The monoisotopic (exact) mass is 183 g/mol. The minimum Gasteiger partial charge on any atom is -0.379 e. The van der Waals surface area contributed by atoms with E-state index in [1.165, 1.54) is 0 Å². The summed E-state index contributed by atoms with van der Waals surface area (Å²) < 4.78 is 6.97. The Morgan fingerprint density at radius 1 is 1.46 bits per heavy atom. The van der Waals surface area contributed by atoms with Crippen LogP contribution in [0.3, 0.4) is 0 Å². The number of aromatic nitrogens is 3. The predicted molar refractivity (Wildman–Crippen MR) is 46.8 cm³/mol. The molecule has 2 N–H and O–H groups in total. The molecule has 0 amide bonds.